The largest absolute Gasteiger partial charge is 0.388 e. The first-order valence-electron chi connectivity index (χ1n) is 11.0. The van der Waals surface area contributed by atoms with Gasteiger partial charge in [0.05, 0.1) is 12.7 Å². The van der Waals surface area contributed by atoms with E-state index in [0.717, 1.165) is 21.5 Å². The number of thioether (sulfide) groups is 1. The molecule has 36 heavy (non-hydrogen) atoms. The lowest BCUT2D eigenvalue weighted by Crippen LogP contribution is -2.57. The molecule has 0 spiro atoms. The van der Waals surface area contributed by atoms with Crippen LogP contribution in [0.5, 0.6) is 0 Å². The van der Waals surface area contributed by atoms with Crippen molar-refractivity contribution in [3.05, 3.63) is 58.1 Å². The zero-order chi connectivity index (χ0) is 26.0. The van der Waals surface area contributed by atoms with Gasteiger partial charge in [0.25, 0.3) is 0 Å². The van der Waals surface area contributed by atoms with E-state index in [9.17, 15) is 18.3 Å². The van der Waals surface area contributed by atoms with Crippen molar-refractivity contribution in [2.24, 2.45) is 15.9 Å². The van der Waals surface area contributed by atoms with Crippen molar-refractivity contribution in [1.29, 1.82) is 0 Å². The summed E-state index contributed by atoms with van der Waals surface area (Å²) < 4.78 is 60.0. The van der Waals surface area contributed by atoms with Gasteiger partial charge >= 0.3 is 0 Å². The number of halogens is 4. The van der Waals surface area contributed by atoms with Gasteiger partial charge in [0.15, 0.2) is 17.5 Å². The maximum absolute atomic E-state index is 13.8. The minimum Gasteiger partial charge on any atom is -0.388 e. The number of nitrogens with two attached hydrogens (primary N) is 1. The van der Waals surface area contributed by atoms with Gasteiger partial charge in [0.1, 0.15) is 41.6 Å². The molecule has 0 saturated carbocycles. The van der Waals surface area contributed by atoms with Crippen LogP contribution in [-0.2, 0) is 14.2 Å². The highest BCUT2D eigenvalue weighted by Gasteiger charge is 2.53. The van der Waals surface area contributed by atoms with Crippen LogP contribution in [0, 0.1) is 17.5 Å². The SMILES string of the molecule is CC(C)OC1C(N=C/C(=N\N)c2cc(F)c(F)c(F)c2)[C@H]2OCC(O)C2O[C@@H]1Sc1cncc(Br)c1. The number of fused-ring (bicyclic) bond motifs is 1. The molecule has 2 aliphatic rings. The number of benzene rings is 1. The van der Waals surface area contributed by atoms with Gasteiger partial charge < -0.3 is 25.2 Å². The van der Waals surface area contributed by atoms with Crippen LogP contribution in [0.4, 0.5) is 13.2 Å². The predicted molar refractivity (Wildman–Crippen MR) is 132 cm³/mol. The Balaban J connectivity index is 1.68. The van der Waals surface area contributed by atoms with E-state index in [4.69, 9.17) is 20.1 Å². The zero-order valence-electron chi connectivity index (χ0n) is 19.2. The molecule has 4 unspecified atom stereocenters. The Bertz CT molecular complexity index is 1140. The fraction of sp³-hybridized carbons (Fsp3) is 0.435. The number of nitrogens with zero attached hydrogens (tertiary/aromatic N) is 3. The van der Waals surface area contributed by atoms with Gasteiger partial charge in [0, 0.05) is 33.5 Å². The fourth-order valence-corrected chi connectivity index (χ4v) is 5.66. The molecule has 4 rings (SSSR count). The van der Waals surface area contributed by atoms with Gasteiger partial charge in [-0.25, -0.2) is 13.2 Å². The average molecular weight is 589 g/mol. The van der Waals surface area contributed by atoms with Gasteiger partial charge in [-0.2, -0.15) is 5.10 Å². The molecule has 1 aromatic carbocycles. The van der Waals surface area contributed by atoms with Crippen molar-refractivity contribution in [2.75, 3.05) is 6.61 Å². The minimum atomic E-state index is -1.60. The molecular formula is C23H24BrF3N4O4S. The molecule has 0 aliphatic carbocycles. The number of rotatable bonds is 7. The minimum absolute atomic E-state index is 0.0395. The Labute approximate surface area is 218 Å². The summed E-state index contributed by atoms with van der Waals surface area (Å²) in [7, 11) is 0. The van der Waals surface area contributed by atoms with Crippen LogP contribution >= 0.6 is 27.7 Å². The lowest BCUT2D eigenvalue weighted by molar-refractivity contribution is -0.168. The van der Waals surface area contributed by atoms with Crippen molar-refractivity contribution in [3.63, 3.8) is 0 Å². The number of ether oxygens (including phenoxy) is 3. The summed E-state index contributed by atoms with van der Waals surface area (Å²) in [5, 5.41) is 14.1. The first-order valence-corrected chi connectivity index (χ1v) is 12.7. The van der Waals surface area contributed by atoms with Crippen LogP contribution in [0.2, 0.25) is 0 Å². The van der Waals surface area contributed by atoms with Gasteiger partial charge in [-0.05, 0) is 48.0 Å². The second-order valence-corrected chi connectivity index (χ2v) is 10.6. The monoisotopic (exact) mass is 588 g/mol. The van der Waals surface area contributed by atoms with Crippen molar-refractivity contribution in [1.82, 2.24) is 4.98 Å². The number of aromatic nitrogens is 1. The van der Waals surface area contributed by atoms with E-state index >= 15 is 0 Å². The van der Waals surface area contributed by atoms with Crippen molar-refractivity contribution < 1.29 is 32.5 Å². The molecule has 0 bridgehead atoms. The van der Waals surface area contributed by atoms with Gasteiger partial charge in [0.2, 0.25) is 0 Å². The third-order valence-corrected chi connectivity index (χ3v) is 7.08. The highest BCUT2D eigenvalue weighted by Crippen LogP contribution is 2.40. The van der Waals surface area contributed by atoms with Crippen molar-refractivity contribution >= 4 is 39.6 Å². The molecule has 8 nitrogen and oxygen atoms in total. The zero-order valence-corrected chi connectivity index (χ0v) is 21.6. The highest BCUT2D eigenvalue weighted by atomic mass is 79.9. The fourth-order valence-electron chi connectivity index (χ4n) is 4.02. The van der Waals surface area contributed by atoms with E-state index in [0.29, 0.717) is 0 Å². The van der Waals surface area contributed by atoms with Gasteiger partial charge in [-0.3, -0.25) is 9.98 Å². The molecule has 2 saturated heterocycles. The quantitative estimate of drug-likeness (QED) is 0.220. The molecule has 13 heteroatoms. The number of aliphatic hydroxyl groups is 1. The Morgan fingerprint density at radius 3 is 2.61 bits per heavy atom. The van der Waals surface area contributed by atoms with Crippen LogP contribution < -0.4 is 5.84 Å². The van der Waals surface area contributed by atoms with Crippen LogP contribution in [0.25, 0.3) is 0 Å². The number of aliphatic imine (C=N–C) groups is 1. The molecule has 1 aromatic heterocycles. The summed E-state index contributed by atoms with van der Waals surface area (Å²) >= 11 is 4.75. The van der Waals surface area contributed by atoms with Gasteiger partial charge in [-0.1, -0.05) is 11.8 Å². The molecule has 6 atom stereocenters. The summed E-state index contributed by atoms with van der Waals surface area (Å²) in [6.45, 7) is 3.75. The number of hydrogen-bond donors (Lipinski definition) is 2. The van der Waals surface area contributed by atoms with E-state index in [1.165, 1.54) is 18.0 Å². The van der Waals surface area contributed by atoms with E-state index < -0.39 is 53.3 Å². The second kappa shape index (κ2) is 11.6. The van der Waals surface area contributed by atoms with Crippen LogP contribution in [0.15, 0.2) is 50.1 Å². The predicted octanol–water partition coefficient (Wildman–Crippen LogP) is 3.43. The van der Waals surface area contributed by atoms with E-state index in [-0.39, 0.29) is 24.0 Å². The maximum atomic E-state index is 13.8. The lowest BCUT2D eigenvalue weighted by atomic mass is 9.96. The molecular weight excluding hydrogens is 565 g/mol. The maximum Gasteiger partial charge on any atom is 0.194 e. The number of aliphatic hydroxyl groups excluding tert-OH is 1. The number of hydrogen-bond acceptors (Lipinski definition) is 9. The van der Waals surface area contributed by atoms with E-state index in [2.05, 4.69) is 31.0 Å². The van der Waals surface area contributed by atoms with Crippen LogP contribution in [0.1, 0.15) is 19.4 Å². The Hall–Kier alpha value is -2.03. The number of hydrazone groups is 1. The smallest absolute Gasteiger partial charge is 0.194 e. The van der Waals surface area contributed by atoms with Gasteiger partial charge in [-0.15, -0.1) is 0 Å². The standard InChI is InChI=1S/C23H24BrF3N4O4S/c1-10(2)34-22-19(30-8-16(31-28)11-3-14(25)18(27)15(26)4-11)21-20(17(32)9-33-21)35-23(22)36-13-5-12(24)6-29-7-13/h3-8,10,17,19-23,32H,9,28H2,1-2H3/b30-8?,31-16+/t17?,19?,20?,21-,22?,23-/m1/s1. The first-order chi connectivity index (χ1) is 17.2. The van der Waals surface area contributed by atoms with E-state index in [1.807, 2.05) is 19.9 Å². The molecule has 2 aliphatic heterocycles. The average Bonchev–Trinajstić information content (AvgIpc) is 3.19. The Morgan fingerprint density at radius 2 is 1.97 bits per heavy atom. The second-order valence-electron chi connectivity index (χ2n) is 8.48. The van der Waals surface area contributed by atoms with Crippen molar-refractivity contribution in [2.45, 2.75) is 60.7 Å². The summed E-state index contributed by atoms with van der Waals surface area (Å²) in [6, 6.07) is 2.73. The van der Waals surface area contributed by atoms with Crippen molar-refractivity contribution in [3.8, 4) is 0 Å². The molecule has 194 valence electrons. The number of pyridine rings is 1. The summed E-state index contributed by atoms with van der Waals surface area (Å²) in [5.41, 5.74) is -0.790. The first kappa shape index (κ1) is 27.0. The third-order valence-electron chi connectivity index (χ3n) is 5.54. The molecule has 2 aromatic rings. The molecule has 3 N–H and O–H groups in total. The van der Waals surface area contributed by atoms with Crippen LogP contribution in [-0.4, -0.2) is 70.6 Å². The Morgan fingerprint density at radius 1 is 1.25 bits per heavy atom. The summed E-state index contributed by atoms with van der Waals surface area (Å²) in [6.07, 6.45) is 1.43. The summed E-state index contributed by atoms with van der Waals surface area (Å²) in [5.74, 6) is 1.10. The topological polar surface area (TPSA) is 112 Å². The molecule has 2 fully saturated rings. The van der Waals surface area contributed by atoms with Crippen LogP contribution in [0.3, 0.4) is 0 Å². The molecule has 0 amide bonds. The van der Waals surface area contributed by atoms with E-state index in [1.54, 1.807) is 12.4 Å². The lowest BCUT2D eigenvalue weighted by Gasteiger charge is -2.42. The summed E-state index contributed by atoms with van der Waals surface area (Å²) in [4.78, 5) is 9.55. The molecule has 0 radical (unpaired) electrons. The third kappa shape index (κ3) is 5.92. The normalized spacial score (nSPS) is 28.7. The highest BCUT2D eigenvalue weighted by molar-refractivity contribution is 9.10. The molecule has 3 heterocycles. The Kier molecular flexibility index (Phi) is 8.68.